The average molecular weight is 289 g/mol. The molecule has 0 bridgehead atoms. The summed E-state index contributed by atoms with van der Waals surface area (Å²) in [7, 11) is 1.85. The zero-order valence-electron chi connectivity index (χ0n) is 10.5. The van der Waals surface area contributed by atoms with Gasteiger partial charge in [-0.05, 0) is 24.6 Å². The van der Waals surface area contributed by atoms with Crippen LogP contribution in [0.1, 0.15) is 18.5 Å². The van der Waals surface area contributed by atoms with Crippen LogP contribution in [0, 0.1) is 5.92 Å². The van der Waals surface area contributed by atoms with E-state index in [1.807, 2.05) is 38.2 Å². The Labute approximate surface area is 119 Å². The summed E-state index contributed by atoms with van der Waals surface area (Å²) < 4.78 is 0. The van der Waals surface area contributed by atoms with E-state index in [1.165, 1.54) is 0 Å². The minimum atomic E-state index is 0. The molecule has 1 heterocycles. The molecule has 1 unspecified atom stereocenters. The van der Waals surface area contributed by atoms with Crippen LogP contribution in [0.5, 0.6) is 0 Å². The quantitative estimate of drug-likeness (QED) is 0.927. The maximum atomic E-state index is 12.1. The molecule has 1 aliphatic heterocycles. The van der Waals surface area contributed by atoms with Crippen molar-refractivity contribution in [3.8, 4) is 0 Å². The largest absolute Gasteiger partial charge is 0.339 e. The molecular formula is C13H18Cl2N2O. The Hall–Kier alpha value is -0.770. The van der Waals surface area contributed by atoms with Crippen LogP contribution in [0.2, 0.25) is 5.02 Å². The van der Waals surface area contributed by atoms with E-state index in [9.17, 15) is 4.79 Å². The summed E-state index contributed by atoms with van der Waals surface area (Å²) in [5, 5.41) is 3.83. The first kappa shape index (κ1) is 15.3. The smallest absolute Gasteiger partial charge is 0.228 e. The van der Waals surface area contributed by atoms with Gasteiger partial charge in [0.1, 0.15) is 0 Å². The number of halogens is 2. The van der Waals surface area contributed by atoms with Crippen LogP contribution in [0.15, 0.2) is 24.3 Å². The molecule has 1 aromatic rings. The summed E-state index contributed by atoms with van der Waals surface area (Å²) in [6.45, 7) is 3.62. The molecular weight excluding hydrogens is 271 g/mol. The number of carbonyl (C=O) groups is 1. The molecule has 1 atom stereocenters. The molecule has 1 saturated heterocycles. The Morgan fingerprint density at radius 3 is 2.67 bits per heavy atom. The molecule has 0 aromatic heterocycles. The van der Waals surface area contributed by atoms with Crippen LogP contribution < -0.4 is 5.32 Å². The number of rotatable bonds is 3. The van der Waals surface area contributed by atoms with Gasteiger partial charge in [-0.2, -0.15) is 0 Å². The highest BCUT2D eigenvalue weighted by Crippen LogP contribution is 2.23. The molecule has 0 spiro atoms. The van der Waals surface area contributed by atoms with Crippen molar-refractivity contribution < 1.29 is 4.79 Å². The zero-order valence-corrected chi connectivity index (χ0v) is 12.1. The van der Waals surface area contributed by atoms with Crippen molar-refractivity contribution in [1.29, 1.82) is 0 Å². The van der Waals surface area contributed by atoms with Crippen molar-refractivity contribution in [2.24, 2.45) is 5.92 Å². The Morgan fingerprint density at radius 2 is 2.17 bits per heavy atom. The van der Waals surface area contributed by atoms with E-state index < -0.39 is 0 Å². The van der Waals surface area contributed by atoms with E-state index in [2.05, 4.69) is 5.32 Å². The van der Waals surface area contributed by atoms with Gasteiger partial charge in [0, 0.05) is 25.2 Å². The molecule has 100 valence electrons. The highest BCUT2D eigenvalue weighted by Gasteiger charge is 2.29. The van der Waals surface area contributed by atoms with Crippen LogP contribution in [0.3, 0.4) is 0 Å². The van der Waals surface area contributed by atoms with Crippen LogP contribution >= 0.6 is 24.0 Å². The van der Waals surface area contributed by atoms with Gasteiger partial charge >= 0.3 is 0 Å². The minimum Gasteiger partial charge on any atom is -0.339 e. The maximum absolute atomic E-state index is 12.1. The second-order valence-electron chi connectivity index (χ2n) is 4.54. The molecule has 3 nitrogen and oxygen atoms in total. The number of nitrogens with zero attached hydrogens (tertiary/aromatic N) is 1. The lowest BCUT2D eigenvalue weighted by atomic mass is 9.99. The monoisotopic (exact) mass is 288 g/mol. The van der Waals surface area contributed by atoms with Crippen molar-refractivity contribution in [3.05, 3.63) is 34.9 Å². The minimum absolute atomic E-state index is 0. The lowest BCUT2D eigenvalue weighted by Gasteiger charge is -2.33. The summed E-state index contributed by atoms with van der Waals surface area (Å²) in [6.07, 6.45) is 0. The van der Waals surface area contributed by atoms with E-state index in [0.717, 1.165) is 18.7 Å². The number of amides is 1. The van der Waals surface area contributed by atoms with Crippen molar-refractivity contribution in [1.82, 2.24) is 10.2 Å². The molecule has 18 heavy (non-hydrogen) atoms. The van der Waals surface area contributed by atoms with Gasteiger partial charge in [-0.3, -0.25) is 4.79 Å². The molecule has 1 amide bonds. The molecule has 1 aromatic carbocycles. The Morgan fingerprint density at radius 1 is 1.50 bits per heavy atom. The fourth-order valence-corrected chi connectivity index (χ4v) is 2.13. The van der Waals surface area contributed by atoms with Crippen molar-refractivity contribution >= 4 is 29.9 Å². The molecule has 5 heteroatoms. The highest BCUT2D eigenvalue weighted by molar-refractivity contribution is 6.30. The summed E-state index contributed by atoms with van der Waals surface area (Å²) >= 11 is 5.96. The Bertz CT molecular complexity index is 421. The number of nitrogens with one attached hydrogen (secondary N) is 1. The third-order valence-corrected chi connectivity index (χ3v) is 3.63. The fraction of sp³-hybridized carbons (Fsp3) is 0.462. The third-order valence-electron chi connectivity index (χ3n) is 3.39. The second-order valence-corrected chi connectivity index (χ2v) is 4.97. The Balaban J connectivity index is 0.00000162. The lowest BCUT2D eigenvalue weighted by molar-refractivity contribution is -0.137. The van der Waals surface area contributed by atoms with E-state index in [0.29, 0.717) is 5.02 Å². The van der Waals surface area contributed by atoms with Crippen molar-refractivity contribution in [3.63, 3.8) is 0 Å². The number of hydrogen-bond acceptors (Lipinski definition) is 2. The molecule has 2 rings (SSSR count). The van der Waals surface area contributed by atoms with Crippen LogP contribution in [0.25, 0.3) is 0 Å². The number of carbonyl (C=O) groups excluding carboxylic acids is 1. The molecule has 0 saturated carbocycles. The molecule has 1 fully saturated rings. The van der Waals surface area contributed by atoms with Gasteiger partial charge in [-0.15, -0.1) is 12.4 Å². The average Bonchev–Trinajstić information content (AvgIpc) is 2.24. The summed E-state index contributed by atoms with van der Waals surface area (Å²) in [5.74, 6) is 0.345. The van der Waals surface area contributed by atoms with E-state index in [1.54, 1.807) is 4.90 Å². The molecule has 0 radical (unpaired) electrons. The van der Waals surface area contributed by atoms with Gasteiger partial charge in [-0.1, -0.05) is 23.7 Å². The van der Waals surface area contributed by atoms with E-state index in [4.69, 9.17) is 11.6 Å². The van der Waals surface area contributed by atoms with Gasteiger partial charge in [-0.25, -0.2) is 0 Å². The van der Waals surface area contributed by atoms with Gasteiger partial charge < -0.3 is 10.2 Å². The van der Waals surface area contributed by atoms with Crippen molar-refractivity contribution in [2.45, 2.75) is 13.0 Å². The number of hydrogen-bond donors (Lipinski definition) is 1. The second kappa shape index (κ2) is 6.41. The Kier molecular flexibility index (Phi) is 5.45. The predicted molar refractivity (Wildman–Crippen MR) is 76.2 cm³/mol. The molecule has 0 aliphatic carbocycles. The first-order valence-corrected chi connectivity index (χ1v) is 6.20. The fourth-order valence-electron chi connectivity index (χ4n) is 1.93. The summed E-state index contributed by atoms with van der Waals surface area (Å²) in [5.41, 5.74) is 1.07. The molecule has 1 N–H and O–H groups in total. The highest BCUT2D eigenvalue weighted by atomic mass is 35.5. The van der Waals surface area contributed by atoms with Gasteiger partial charge in [0.2, 0.25) is 5.91 Å². The van der Waals surface area contributed by atoms with Crippen molar-refractivity contribution in [2.75, 3.05) is 20.1 Å². The first-order chi connectivity index (χ1) is 8.09. The van der Waals surface area contributed by atoms with Crippen LogP contribution in [-0.2, 0) is 4.79 Å². The molecule has 1 aliphatic rings. The van der Waals surface area contributed by atoms with Crippen LogP contribution in [0.4, 0.5) is 0 Å². The maximum Gasteiger partial charge on any atom is 0.228 e. The topological polar surface area (TPSA) is 32.3 Å². The standard InChI is InChI=1S/C13H17ClN2O.ClH/c1-9(10-4-3-5-12(14)6-10)16(2)13(17)11-7-15-8-11;/h3-6,9,11,15H,7-8H2,1-2H3;1H. The number of benzene rings is 1. The SMILES string of the molecule is CC(c1cccc(Cl)c1)N(C)C(=O)C1CNC1.Cl. The van der Waals surface area contributed by atoms with Gasteiger partial charge in [0.15, 0.2) is 0 Å². The van der Waals surface area contributed by atoms with Gasteiger partial charge in [0.25, 0.3) is 0 Å². The summed E-state index contributed by atoms with van der Waals surface area (Å²) in [4.78, 5) is 13.9. The van der Waals surface area contributed by atoms with Gasteiger partial charge in [0.05, 0.1) is 12.0 Å². The van der Waals surface area contributed by atoms with E-state index in [-0.39, 0.29) is 30.3 Å². The first-order valence-electron chi connectivity index (χ1n) is 5.82. The normalized spacial score (nSPS) is 16.4. The third kappa shape index (κ3) is 3.16. The van der Waals surface area contributed by atoms with E-state index >= 15 is 0 Å². The predicted octanol–water partition coefficient (Wildman–Crippen LogP) is 2.50. The summed E-state index contributed by atoms with van der Waals surface area (Å²) in [6, 6.07) is 7.73. The lowest BCUT2D eigenvalue weighted by Crippen LogP contribution is -2.51. The zero-order chi connectivity index (χ0) is 12.4. The van der Waals surface area contributed by atoms with Crippen LogP contribution in [-0.4, -0.2) is 30.9 Å².